The molecule has 138 valence electrons. The molecule has 0 saturated heterocycles. The number of aryl methyl sites for hydroxylation is 1. The maximum atomic E-state index is 12.6. The molecule has 5 nitrogen and oxygen atoms in total. The van der Waals surface area contributed by atoms with E-state index in [1.54, 1.807) is 0 Å². The van der Waals surface area contributed by atoms with Crippen LogP contribution < -0.4 is 11.1 Å². The highest BCUT2D eigenvalue weighted by molar-refractivity contribution is 7.20. The second kappa shape index (κ2) is 7.56. The van der Waals surface area contributed by atoms with E-state index in [0.717, 1.165) is 34.4 Å². The van der Waals surface area contributed by atoms with Gasteiger partial charge in [0.2, 0.25) is 0 Å². The molecule has 3 N–H and O–H groups in total. The summed E-state index contributed by atoms with van der Waals surface area (Å²) in [6.07, 6.45) is 2.30. The van der Waals surface area contributed by atoms with Crippen molar-refractivity contribution in [1.82, 2.24) is 15.1 Å². The third kappa shape index (κ3) is 3.60. The Morgan fingerprint density at radius 3 is 2.73 bits per heavy atom. The molecule has 1 aliphatic rings. The molecule has 0 radical (unpaired) electrons. The summed E-state index contributed by atoms with van der Waals surface area (Å²) in [6, 6.07) is 9.51. The monoisotopic (exact) mass is 410 g/mol. The van der Waals surface area contributed by atoms with E-state index < -0.39 is 0 Å². The van der Waals surface area contributed by atoms with Gasteiger partial charge in [0.1, 0.15) is 4.83 Å². The fraction of sp³-hybridized carbons (Fsp3) is 0.333. The fourth-order valence-electron chi connectivity index (χ4n) is 3.02. The van der Waals surface area contributed by atoms with Crippen LogP contribution in [0.15, 0.2) is 30.3 Å². The van der Waals surface area contributed by atoms with Crippen molar-refractivity contribution in [3.8, 4) is 5.69 Å². The van der Waals surface area contributed by atoms with Crippen molar-refractivity contribution in [2.45, 2.75) is 25.8 Å². The number of hydrogen-bond donors (Lipinski definition) is 2. The van der Waals surface area contributed by atoms with Gasteiger partial charge in [0, 0.05) is 23.0 Å². The third-order valence-corrected chi connectivity index (χ3v) is 5.96. The number of halogens is 2. The minimum absolute atomic E-state index is 0. The van der Waals surface area contributed by atoms with E-state index in [2.05, 4.69) is 10.4 Å². The van der Waals surface area contributed by atoms with E-state index >= 15 is 0 Å². The highest BCUT2D eigenvalue weighted by atomic mass is 35.5. The second-order valence-corrected chi connectivity index (χ2v) is 7.92. The van der Waals surface area contributed by atoms with Crippen LogP contribution in [0, 0.1) is 12.8 Å². The molecule has 0 bridgehead atoms. The molecule has 2 aromatic heterocycles. The van der Waals surface area contributed by atoms with Crippen LogP contribution in [0.3, 0.4) is 0 Å². The molecule has 26 heavy (non-hydrogen) atoms. The van der Waals surface area contributed by atoms with E-state index in [-0.39, 0.29) is 24.4 Å². The predicted molar refractivity (Wildman–Crippen MR) is 109 cm³/mol. The third-order valence-electron chi connectivity index (χ3n) is 4.60. The molecule has 4 rings (SSSR count). The van der Waals surface area contributed by atoms with Crippen molar-refractivity contribution < 1.29 is 4.79 Å². The maximum absolute atomic E-state index is 12.6. The smallest absolute Gasteiger partial charge is 0.261 e. The number of nitrogens with zero attached hydrogens (tertiary/aromatic N) is 2. The van der Waals surface area contributed by atoms with Gasteiger partial charge in [-0.05, 0) is 56.0 Å². The molecule has 1 saturated carbocycles. The SMILES string of the molecule is Cc1nn(-c2ccc(Cl)cc2)c2sc(C(=O)NC(CN)C3CC3)cc12.Cl. The van der Waals surface area contributed by atoms with E-state index in [4.69, 9.17) is 17.3 Å². The number of benzene rings is 1. The summed E-state index contributed by atoms with van der Waals surface area (Å²) >= 11 is 7.42. The summed E-state index contributed by atoms with van der Waals surface area (Å²) in [6.45, 7) is 2.44. The van der Waals surface area contributed by atoms with Crippen LogP contribution in [0.25, 0.3) is 15.9 Å². The number of fused-ring (bicyclic) bond motifs is 1. The van der Waals surface area contributed by atoms with E-state index in [9.17, 15) is 4.79 Å². The second-order valence-electron chi connectivity index (χ2n) is 6.46. The molecule has 0 spiro atoms. The van der Waals surface area contributed by atoms with Gasteiger partial charge in [-0.25, -0.2) is 4.68 Å². The number of rotatable bonds is 5. The largest absolute Gasteiger partial charge is 0.347 e. The van der Waals surface area contributed by atoms with Gasteiger partial charge in [0.15, 0.2) is 0 Å². The van der Waals surface area contributed by atoms with Crippen LogP contribution in [0.4, 0.5) is 0 Å². The van der Waals surface area contributed by atoms with Crippen molar-refractivity contribution in [3.05, 3.63) is 45.9 Å². The Balaban J connectivity index is 0.00000196. The van der Waals surface area contributed by atoms with Crippen LogP contribution in [-0.4, -0.2) is 28.3 Å². The molecule has 1 atom stereocenters. The summed E-state index contributed by atoms with van der Waals surface area (Å²) in [4.78, 5) is 14.3. The van der Waals surface area contributed by atoms with Crippen LogP contribution in [0.1, 0.15) is 28.2 Å². The van der Waals surface area contributed by atoms with Gasteiger partial charge in [-0.1, -0.05) is 11.6 Å². The average Bonchev–Trinajstić information content (AvgIpc) is 3.27. The first kappa shape index (κ1) is 19.2. The lowest BCUT2D eigenvalue weighted by atomic mass is 10.2. The number of thiophene rings is 1. The predicted octanol–water partition coefficient (Wildman–Crippen LogP) is 3.94. The Morgan fingerprint density at radius 2 is 2.12 bits per heavy atom. The first-order valence-corrected chi connectivity index (χ1v) is 9.52. The Hall–Kier alpha value is -1.60. The van der Waals surface area contributed by atoms with Crippen molar-refractivity contribution in [2.24, 2.45) is 11.7 Å². The molecular formula is C18H20Cl2N4OS. The number of carbonyl (C=O) groups excluding carboxylic acids is 1. The molecule has 8 heteroatoms. The highest BCUT2D eigenvalue weighted by Gasteiger charge is 2.31. The number of carbonyl (C=O) groups is 1. The van der Waals surface area contributed by atoms with Crippen molar-refractivity contribution >= 4 is 51.5 Å². The Morgan fingerprint density at radius 1 is 1.42 bits per heavy atom. The summed E-state index contributed by atoms with van der Waals surface area (Å²) in [5.74, 6) is 0.486. The van der Waals surface area contributed by atoms with Gasteiger partial charge in [-0.15, -0.1) is 23.7 Å². The Bertz CT molecular complexity index is 931. The highest BCUT2D eigenvalue weighted by Crippen LogP contribution is 2.33. The van der Waals surface area contributed by atoms with Crippen molar-refractivity contribution in [2.75, 3.05) is 6.54 Å². The molecule has 1 amide bonds. The molecule has 0 aliphatic heterocycles. The number of aromatic nitrogens is 2. The quantitative estimate of drug-likeness (QED) is 0.668. The lowest BCUT2D eigenvalue weighted by molar-refractivity contribution is 0.0937. The van der Waals surface area contributed by atoms with E-state index in [1.165, 1.54) is 11.3 Å². The van der Waals surface area contributed by atoms with Gasteiger partial charge in [-0.2, -0.15) is 5.10 Å². The standard InChI is InChI=1S/C18H19ClN4OS.ClH/c1-10-14-8-16(17(24)21-15(9-20)11-2-3-11)25-18(14)23(22-10)13-6-4-12(19)5-7-13;/h4-8,11,15H,2-3,9,20H2,1H3,(H,21,24);1H. The van der Waals surface area contributed by atoms with Crippen LogP contribution in [0.2, 0.25) is 5.02 Å². The Kier molecular flexibility index (Phi) is 5.58. The lowest BCUT2D eigenvalue weighted by Crippen LogP contribution is -2.41. The van der Waals surface area contributed by atoms with Gasteiger partial charge in [0.25, 0.3) is 5.91 Å². The van der Waals surface area contributed by atoms with Crippen molar-refractivity contribution in [3.63, 3.8) is 0 Å². The summed E-state index contributed by atoms with van der Waals surface area (Å²) < 4.78 is 1.86. The molecule has 1 aliphatic carbocycles. The number of nitrogens with two attached hydrogens (primary N) is 1. The van der Waals surface area contributed by atoms with Gasteiger partial charge >= 0.3 is 0 Å². The van der Waals surface area contributed by atoms with E-state index in [1.807, 2.05) is 41.9 Å². The zero-order valence-corrected chi connectivity index (χ0v) is 16.6. The average molecular weight is 411 g/mol. The minimum atomic E-state index is -0.0504. The molecular weight excluding hydrogens is 391 g/mol. The summed E-state index contributed by atoms with van der Waals surface area (Å²) in [5, 5.41) is 9.36. The van der Waals surface area contributed by atoms with Crippen LogP contribution in [0.5, 0.6) is 0 Å². The summed E-state index contributed by atoms with van der Waals surface area (Å²) in [7, 11) is 0. The first-order chi connectivity index (χ1) is 12.1. The number of nitrogens with one attached hydrogen (secondary N) is 1. The van der Waals surface area contributed by atoms with Gasteiger partial charge in [-0.3, -0.25) is 4.79 Å². The molecule has 1 unspecified atom stereocenters. The molecule has 3 aromatic rings. The molecule has 1 fully saturated rings. The van der Waals surface area contributed by atoms with Crippen molar-refractivity contribution in [1.29, 1.82) is 0 Å². The van der Waals surface area contributed by atoms with Gasteiger partial charge < -0.3 is 11.1 Å². The zero-order chi connectivity index (χ0) is 17.6. The zero-order valence-electron chi connectivity index (χ0n) is 14.2. The minimum Gasteiger partial charge on any atom is -0.347 e. The number of hydrogen-bond acceptors (Lipinski definition) is 4. The maximum Gasteiger partial charge on any atom is 0.261 e. The summed E-state index contributed by atoms with van der Waals surface area (Å²) in [5.41, 5.74) is 7.62. The van der Waals surface area contributed by atoms with Crippen LogP contribution in [-0.2, 0) is 0 Å². The molecule has 2 heterocycles. The normalized spacial score (nSPS) is 14.9. The fourth-order valence-corrected chi connectivity index (χ4v) is 4.24. The first-order valence-electron chi connectivity index (χ1n) is 8.33. The molecule has 1 aromatic carbocycles. The van der Waals surface area contributed by atoms with E-state index in [0.29, 0.717) is 22.4 Å². The van der Waals surface area contributed by atoms with Gasteiger partial charge in [0.05, 0.1) is 16.3 Å². The van der Waals surface area contributed by atoms with Crippen LogP contribution >= 0.6 is 35.3 Å². The number of amides is 1. The lowest BCUT2D eigenvalue weighted by Gasteiger charge is -2.15. The Labute approximate surface area is 166 Å². The topological polar surface area (TPSA) is 72.9 Å².